The Bertz CT molecular complexity index is 594. The molecule has 3 nitrogen and oxygen atoms in total. The third kappa shape index (κ3) is 3.26. The van der Waals surface area contributed by atoms with E-state index in [-0.39, 0.29) is 6.09 Å². The normalized spacial score (nSPS) is 10.5. The molecule has 2 aromatic carbocycles. The number of carbonyl (C=O) groups excluding carboxylic acids is 1. The van der Waals surface area contributed by atoms with Crippen LogP contribution < -0.4 is 4.74 Å². The second kappa shape index (κ2) is 6.06. The van der Waals surface area contributed by atoms with Gasteiger partial charge in [0.15, 0.2) is 0 Å². The molecular formula is C15H16BrNO2. The highest BCUT2D eigenvalue weighted by Gasteiger charge is 2.11. The van der Waals surface area contributed by atoms with Crippen molar-refractivity contribution in [2.45, 2.75) is 13.8 Å². The van der Waals surface area contributed by atoms with Crippen molar-refractivity contribution in [2.24, 2.45) is 0 Å². The van der Waals surface area contributed by atoms with Crippen molar-refractivity contribution in [2.75, 3.05) is 13.1 Å². The lowest BCUT2D eigenvalue weighted by molar-refractivity contribution is 0.157. The van der Waals surface area contributed by atoms with Gasteiger partial charge in [-0.15, -0.1) is 0 Å². The van der Waals surface area contributed by atoms with E-state index in [0.29, 0.717) is 18.8 Å². The van der Waals surface area contributed by atoms with E-state index in [1.54, 1.807) is 4.90 Å². The van der Waals surface area contributed by atoms with Crippen LogP contribution in [-0.2, 0) is 0 Å². The van der Waals surface area contributed by atoms with Crippen LogP contribution in [0, 0.1) is 0 Å². The molecule has 1 amide bonds. The van der Waals surface area contributed by atoms with Gasteiger partial charge in [0.05, 0.1) is 0 Å². The molecule has 0 aliphatic heterocycles. The van der Waals surface area contributed by atoms with E-state index in [1.807, 2.05) is 50.2 Å². The van der Waals surface area contributed by atoms with Crippen molar-refractivity contribution in [1.82, 2.24) is 4.90 Å². The van der Waals surface area contributed by atoms with Crippen molar-refractivity contribution in [3.8, 4) is 5.75 Å². The van der Waals surface area contributed by atoms with Gasteiger partial charge in [-0.05, 0) is 48.9 Å². The third-order valence-electron chi connectivity index (χ3n) is 3.00. The van der Waals surface area contributed by atoms with E-state index < -0.39 is 0 Å². The molecule has 0 aromatic heterocycles. The van der Waals surface area contributed by atoms with Crippen LogP contribution in [0.4, 0.5) is 4.79 Å². The number of amides is 1. The summed E-state index contributed by atoms with van der Waals surface area (Å²) in [7, 11) is 0. The molecule has 0 spiro atoms. The third-order valence-corrected chi connectivity index (χ3v) is 3.49. The van der Waals surface area contributed by atoms with E-state index in [1.165, 1.54) is 0 Å². The fourth-order valence-corrected chi connectivity index (χ4v) is 2.29. The molecule has 0 aliphatic carbocycles. The number of ether oxygens (including phenoxy) is 1. The second-order valence-electron chi connectivity index (χ2n) is 4.19. The van der Waals surface area contributed by atoms with E-state index in [0.717, 1.165) is 15.2 Å². The molecule has 100 valence electrons. The molecule has 2 rings (SSSR count). The Morgan fingerprint density at radius 2 is 1.79 bits per heavy atom. The van der Waals surface area contributed by atoms with Crippen molar-refractivity contribution < 1.29 is 9.53 Å². The summed E-state index contributed by atoms with van der Waals surface area (Å²) >= 11 is 3.44. The summed E-state index contributed by atoms with van der Waals surface area (Å²) in [6, 6.07) is 11.7. The van der Waals surface area contributed by atoms with Gasteiger partial charge in [0.25, 0.3) is 0 Å². The van der Waals surface area contributed by atoms with Crippen molar-refractivity contribution >= 4 is 32.8 Å². The van der Waals surface area contributed by atoms with Gasteiger partial charge in [0.1, 0.15) is 5.75 Å². The van der Waals surface area contributed by atoms with Crippen LogP contribution in [0.3, 0.4) is 0 Å². The lowest BCUT2D eigenvalue weighted by Gasteiger charge is -2.17. The summed E-state index contributed by atoms with van der Waals surface area (Å²) in [6.07, 6.45) is -0.306. The molecular weight excluding hydrogens is 306 g/mol. The Morgan fingerprint density at radius 3 is 2.47 bits per heavy atom. The molecule has 0 saturated heterocycles. The van der Waals surface area contributed by atoms with Gasteiger partial charge in [-0.3, -0.25) is 0 Å². The smallest absolute Gasteiger partial charge is 0.410 e. The summed E-state index contributed by atoms with van der Waals surface area (Å²) in [5.74, 6) is 0.572. The molecule has 19 heavy (non-hydrogen) atoms. The SMILES string of the molecule is CCN(CC)C(=O)Oc1ccc2ccc(Br)cc2c1. The maximum Gasteiger partial charge on any atom is 0.415 e. The average molecular weight is 322 g/mol. The molecule has 0 N–H and O–H groups in total. The van der Waals surface area contributed by atoms with Gasteiger partial charge in [-0.1, -0.05) is 28.1 Å². The average Bonchev–Trinajstić information content (AvgIpc) is 2.39. The fourth-order valence-electron chi connectivity index (χ4n) is 1.91. The predicted octanol–water partition coefficient (Wildman–Crippen LogP) is 4.44. The van der Waals surface area contributed by atoms with Gasteiger partial charge in [0, 0.05) is 17.6 Å². The fraction of sp³-hybridized carbons (Fsp3) is 0.267. The molecule has 2 aromatic rings. The molecule has 0 saturated carbocycles. The lowest BCUT2D eigenvalue weighted by Crippen LogP contribution is -2.33. The highest BCUT2D eigenvalue weighted by molar-refractivity contribution is 9.10. The zero-order chi connectivity index (χ0) is 13.8. The molecule has 0 bridgehead atoms. The van der Waals surface area contributed by atoms with Gasteiger partial charge < -0.3 is 9.64 Å². The quantitative estimate of drug-likeness (QED) is 0.836. The van der Waals surface area contributed by atoms with Gasteiger partial charge in [-0.2, -0.15) is 0 Å². The number of benzene rings is 2. The Labute approximate surface area is 121 Å². The summed E-state index contributed by atoms with van der Waals surface area (Å²) in [6.45, 7) is 5.16. The molecule has 0 radical (unpaired) electrons. The minimum Gasteiger partial charge on any atom is -0.410 e. The minimum atomic E-state index is -0.306. The van der Waals surface area contributed by atoms with Crippen LogP contribution in [0.5, 0.6) is 5.75 Å². The molecule has 0 heterocycles. The second-order valence-corrected chi connectivity index (χ2v) is 5.11. The molecule has 0 aliphatic rings. The Hall–Kier alpha value is -1.55. The highest BCUT2D eigenvalue weighted by Crippen LogP contribution is 2.24. The Balaban J connectivity index is 2.23. The van der Waals surface area contributed by atoms with E-state index in [4.69, 9.17) is 4.74 Å². The zero-order valence-electron chi connectivity index (χ0n) is 11.0. The molecule has 4 heteroatoms. The minimum absolute atomic E-state index is 0.306. The summed E-state index contributed by atoms with van der Waals surface area (Å²) in [5, 5.41) is 2.16. The maximum absolute atomic E-state index is 11.9. The number of halogens is 1. The molecule has 0 unspecified atom stereocenters. The predicted molar refractivity (Wildman–Crippen MR) is 80.6 cm³/mol. The van der Waals surface area contributed by atoms with Crippen LogP contribution in [-0.4, -0.2) is 24.1 Å². The van der Waals surface area contributed by atoms with Crippen molar-refractivity contribution in [3.63, 3.8) is 0 Å². The van der Waals surface area contributed by atoms with Crippen molar-refractivity contribution in [3.05, 3.63) is 40.9 Å². The van der Waals surface area contributed by atoms with Crippen molar-refractivity contribution in [1.29, 1.82) is 0 Å². The van der Waals surface area contributed by atoms with Gasteiger partial charge in [0.2, 0.25) is 0 Å². The monoisotopic (exact) mass is 321 g/mol. The molecule has 0 atom stereocenters. The maximum atomic E-state index is 11.9. The zero-order valence-corrected chi connectivity index (χ0v) is 12.6. The van der Waals surface area contributed by atoms with Crippen LogP contribution in [0.15, 0.2) is 40.9 Å². The number of carbonyl (C=O) groups is 1. The first-order valence-electron chi connectivity index (χ1n) is 6.30. The Morgan fingerprint density at radius 1 is 1.11 bits per heavy atom. The van der Waals surface area contributed by atoms with E-state index >= 15 is 0 Å². The summed E-state index contributed by atoms with van der Waals surface area (Å²) in [4.78, 5) is 13.5. The summed E-state index contributed by atoms with van der Waals surface area (Å²) < 4.78 is 6.38. The van der Waals surface area contributed by atoms with Gasteiger partial charge >= 0.3 is 6.09 Å². The first-order valence-corrected chi connectivity index (χ1v) is 7.09. The summed E-state index contributed by atoms with van der Waals surface area (Å²) in [5.41, 5.74) is 0. The lowest BCUT2D eigenvalue weighted by atomic mass is 10.1. The van der Waals surface area contributed by atoms with Crippen LogP contribution >= 0.6 is 15.9 Å². The highest BCUT2D eigenvalue weighted by atomic mass is 79.9. The Kier molecular flexibility index (Phi) is 4.43. The number of hydrogen-bond acceptors (Lipinski definition) is 2. The first-order chi connectivity index (χ1) is 9.13. The number of fused-ring (bicyclic) bond motifs is 1. The first kappa shape index (κ1) is 13.9. The number of hydrogen-bond donors (Lipinski definition) is 0. The van der Waals surface area contributed by atoms with E-state index in [2.05, 4.69) is 15.9 Å². The number of rotatable bonds is 3. The standard InChI is InChI=1S/C15H16BrNO2/c1-3-17(4-2)15(18)19-14-8-6-11-5-7-13(16)9-12(11)10-14/h5-10H,3-4H2,1-2H3. The molecule has 0 fully saturated rings. The van der Waals surface area contributed by atoms with Crippen LogP contribution in [0.25, 0.3) is 10.8 Å². The largest absolute Gasteiger partial charge is 0.415 e. The van der Waals surface area contributed by atoms with Crippen LogP contribution in [0.1, 0.15) is 13.8 Å². The van der Waals surface area contributed by atoms with E-state index in [9.17, 15) is 4.79 Å². The number of nitrogens with zero attached hydrogens (tertiary/aromatic N) is 1. The van der Waals surface area contributed by atoms with Gasteiger partial charge in [-0.25, -0.2) is 4.79 Å². The van der Waals surface area contributed by atoms with Crippen LogP contribution in [0.2, 0.25) is 0 Å². The topological polar surface area (TPSA) is 29.5 Å².